The number of hydrogen-bond donors (Lipinski definition) is 1. The first-order valence-electron chi connectivity index (χ1n) is 12.0. The Kier molecular flexibility index (Phi) is 6.49. The van der Waals surface area contributed by atoms with Crippen LogP contribution in [0.15, 0.2) is 24.4 Å². The Bertz CT molecular complexity index is 1280. The summed E-state index contributed by atoms with van der Waals surface area (Å²) in [4.78, 5) is 52.6. The Labute approximate surface area is 214 Å². The van der Waals surface area contributed by atoms with Gasteiger partial charge in [0.1, 0.15) is 23.4 Å². The van der Waals surface area contributed by atoms with Gasteiger partial charge in [-0.05, 0) is 13.1 Å². The molecule has 3 aliphatic rings. The molecule has 3 aliphatic heterocycles. The zero-order valence-electron chi connectivity index (χ0n) is 20.8. The molecule has 1 N–H and O–H groups in total. The first-order valence-corrected chi connectivity index (χ1v) is 12.0. The highest BCUT2D eigenvalue weighted by Gasteiger charge is 2.49. The summed E-state index contributed by atoms with van der Waals surface area (Å²) in [6, 6.07) is 6.71. The lowest BCUT2D eigenvalue weighted by atomic mass is 9.77. The van der Waals surface area contributed by atoms with Gasteiger partial charge in [-0.2, -0.15) is 5.26 Å². The molecule has 12 heteroatoms. The van der Waals surface area contributed by atoms with Gasteiger partial charge in [-0.3, -0.25) is 24.7 Å². The van der Waals surface area contributed by atoms with Crippen LogP contribution < -0.4 is 15.1 Å². The fraction of sp³-hybridized carbons (Fsp3) is 0.440. The average Bonchev–Trinajstić information content (AvgIpc) is 2.84. The summed E-state index contributed by atoms with van der Waals surface area (Å²) in [7, 11) is 3.43. The van der Waals surface area contributed by atoms with Crippen LogP contribution in [0, 0.1) is 16.7 Å². The van der Waals surface area contributed by atoms with E-state index < -0.39 is 6.03 Å². The second kappa shape index (κ2) is 9.76. The standard InChI is InChI=1S/C25H28N8O4/c1-30-5-6-32(23(35)11-30)10-17-3-4-22(28-19(17)12-34)31(2)24(36)29-21-7-20(18(8-26)9-27-21)33-13-25(14-33)15-37-16-25/h3-4,7,9,12H,5-6,10-11,13-16H2,1-2H3,(H,27,29,36). The predicted octanol–water partition coefficient (Wildman–Crippen LogP) is 0.940. The Morgan fingerprint density at radius 2 is 2.11 bits per heavy atom. The van der Waals surface area contributed by atoms with E-state index in [2.05, 4.69) is 26.3 Å². The molecule has 12 nitrogen and oxygen atoms in total. The summed E-state index contributed by atoms with van der Waals surface area (Å²) in [5, 5.41) is 12.2. The van der Waals surface area contributed by atoms with Gasteiger partial charge in [-0.25, -0.2) is 14.8 Å². The molecule has 0 saturated carbocycles. The lowest BCUT2D eigenvalue weighted by Gasteiger charge is -2.56. The van der Waals surface area contributed by atoms with E-state index in [-0.39, 0.29) is 29.4 Å². The van der Waals surface area contributed by atoms with E-state index in [9.17, 15) is 19.6 Å². The molecule has 0 unspecified atom stereocenters. The highest BCUT2D eigenvalue weighted by atomic mass is 16.5. The number of hydrogen-bond acceptors (Lipinski definition) is 9. The van der Waals surface area contributed by atoms with E-state index >= 15 is 0 Å². The molecule has 37 heavy (non-hydrogen) atoms. The molecule has 5 heterocycles. The van der Waals surface area contributed by atoms with Gasteiger partial charge in [0, 0.05) is 57.6 Å². The monoisotopic (exact) mass is 504 g/mol. The van der Waals surface area contributed by atoms with Gasteiger partial charge in [-0.1, -0.05) is 6.07 Å². The summed E-state index contributed by atoms with van der Waals surface area (Å²) >= 11 is 0. The maximum atomic E-state index is 13.0. The van der Waals surface area contributed by atoms with Gasteiger partial charge in [-0.15, -0.1) is 0 Å². The number of anilines is 3. The highest BCUT2D eigenvalue weighted by Crippen LogP contribution is 2.41. The SMILES string of the molecule is CN1CCN(Cc2ccc(N(C)C(=O)Nc3cc(N4CC5(COC5)C4)c(C#N)cn3)nc2C=O)C(=O)C1. The van der Waals surface area contributed by atoms with E-state index in [1.165, 1.54) is 18.1 Å². The van der Waals surface area contributed by atoms with Crippen LogP contribution in [0.2, 0.25) is 0 Å². The van der Waals surface area contributed by atoms with Crippen molar-refractivity contribution in [2.24, 2.45) is 5.41 Å². The van der Waals surface area contributed by atoms with Crippen LogP contribution >= 0.6 is 0 Å². The van der Waals surface area contributed by atoms with Gasteiger partial charge in [0.15, 0.2) is 6.29 Å². The molecule has 0 bridgehead atoms. The van der Waals surface area contributed by atoms with Crippen LogP contribution in [-0.2, 0) is 16.1 Å². The molecule has 0 aromatic carbocycles. The van der Waals surface area contributed by atoms with E-state index in [1.807, 2.05) is 11.9 Å². The Hall–Kier alpha value is -4.08. The minimum atomic E-state index is -0.498. The summed E-state index contributed by atoms with van der Waals surface area (Å²) in [5.41, 5.74) is 2.12. The van der Waals surface area contributed by atoms with Crippen molar-refractivity contribution in [3.8, 4) is 6.07 Å². The van der Waals surface area contributed by atoms with Crippen LogP contribution in [0.4, 0.5) is 22.1 Å². The van der Waals surface area contributed by atoms with Crippen molar-refractivity contribution in [1.82, 2.24) is 19.8 Å². The van der Waals surface area contributed by atoms with Crippen molar-refractivity contribution in [3.05, 3.63) is 41.2 Å². The lowest BCUT2D eigenvalue weighted by molar-refractivity contribution is -0.136. The maximum Gasteiger partial charge on any atom is 0.328 e. The van der Waals surface area contributed by atoms with Gasteiger partial charge >= 0.3 is 6.03 Å². The number of carbonyl (C=O) groups is 3. The first kappa shape index (κ1) is 24.6. The van der Waals surface area contributed by atoms with E-state index in [0.29, 0.717) is 36.3 Å². The minimum absolute atomic E-state index is 0.00475. The number of urea groups is 1. The number of amides is 3. The predicted molar refractivity (Wildman–Crippen MR) is 134 cm³/mol. The molecule has 2 aromatic heterocycles. The fourth-order valence-corrected chi connectivity index (χ4v) is 4.78. The summed E-state index contributed by atoms with van der Waals surface area (Å²) in [5.74, 6) is 0.573. The third-order valence-corrected chi connectivity index (χ3v) is 7.08. The first-order chi connectivity index (χ1) is 17.8. The Morgan fingerprint density at radius 3 is 2.76 bits per heavy atom. The van der Waals surface area contributed by atoms with Crippen molar-refractivity contribution in [3.63, 3.8) is 0 Å². The van der Waals surface area contributed by atoms with Crippen LogP contribution in [-0.4, -0.2) is 98.0 Å². The largest absolute Gasteiger partial charge is 0.380 e. The van der Waals surface area contributed by atoms with Gasteiger partial charge < -0.3 is 14.5 Å². The average molecular weight is 505 g/mol. The quantitative estimate of drug-likeness (QED) is 0.570. The van der Waals surface area contributed by atoms with E-state index in [4.69, 9.17) is 4.74 Å². The second-order valence-electron chi connectivity index (χ2n) is 9.92. The zero-order valence-corrected chi connectivity index (χ0v) is 20.8. The highest BCUT2D eigenvalue weighted by molar-refractivity contribution is 6.00. The van der Waals surface area contributed by atoms with Crippen molar-refractivity contribution in [2.75, 3.05) is 75.1 Å². The molecule has 0 atom stereocenters. The number of rotatable bonds is 6. The smallest absolute Gasteiger partial charge is 0.328 e. The summed E-state index contributed by atoms with van der Waals surface area (Å²) in [6.07, 6.45) is 2.08. The topological polar surface area (TPSA) is 135 Å². The summed E-state index contributed by atoms with van der Waals surface area (Å²) < 4.78 is 5.32. The number of nitrogens with one attached hydrogen (secondary N) is 1. The number of aromatic nitrogens is 2. The molecular formula is C25H28N8O4. The van der Waals surface area contributed by atoms with Crippen molar-refractivity contribution in [1.29, 1.82) is 5.26 Å². The lowest BCUT2D eigenvalue weighted by Crippen LogP contribution is -2.66. The van der Waals surface area contributed by atoms with Gasteiger partial charge in [0.05, 0.1) is 36.4 Å². The van der Waals surface area contributed by atoms with Crippen LogP contribution in [0.25, 0.3) is 0 Å². The number of likely N-dealkylation sites (N-methyl/N-ethyl adjacent to an activating group) is 1. The summed E-state index contributed by atoms with van der Waals surface area (Å²) in [6.45, 7) is 5.00. The van der Waals surface area contributed by atoms with Crippen molar-refractivity contribution < 1.29 is 19.1 Å². The number of nitriles is 1. The van der Waals surface area contributed by atoms with Crippen molar-refractivity contribution in [2.45, 2.75) is 6.54 Å². The molecule has 0 radical (unpaired) electrons. The molecule has 0 aliphatic carbocycles. The minimum Gasteiger partial charge on any atom is -0.380 e. The number of aldehydes is 1. The number of nitrogens with zero attached hydrogens (tertiary/aromatic N) is 7. The molecule has 192 valence electrons. The molecular weight excluding hydrogens is 476 g/mol. The van der Waals surface area contributed by atoms with Crippen LogP contribution in [0.5, 0.6) is 0 Å². The third kappa shape index (κ3) is 4.83. The number of ether oxygens (including phenoxy) is 1. The number of pyridine rings is 2. The van der Waals surface area contributed by atoms with E-state index in [1.54, 1.807) is 23.1 Å². The van der Waals surface area contributed by atoms with Gasteiger partial charge in [0.2, 0.25) is 5.91 Å². The van der Waals surface area contributed by atoms with Crippen molar-refractivity contribution >= 4 is 35.5 Å². The Morgan fingerprint density at radius 1 is 1.32 bits per heavy atom. The van der Waals surface area contributed by atoms with E-state index in [0.717, 1.165) is 38.5 Å². The third-order valence-electron chi connectivity index (χ3n) is 7.08. The molecule has 1 spiro atoms. The Balaban J connectivity index is 1.27. The van der Waals surface area contributed by atoms with Gasteiger partial charge in [0.25, 0.3) is 0 Å². The molecule has 5 rings (SSSR count). The molecule has 3 saturated heterocycles. The zero-order chi connectivity index (χ0) is 26.2. The molecule has 3 amide bonds. The van der Waals surface area contributed by atoms with Crippen LogP contribution in [0.3, 0.4) is 0 Å². The fourth-order valence-electron chi connectivity index (χ4n) is 4.78. The number of carbonyl (C=O) groups excluding carboxylic acids is 3. The maximum absolute atomic E-state index is 13.0. The molecule has 2 aromatic rings. The molecule has 3 fully saturated rings. The normalized spacial score (nSPS) is 18.6. The number of piperazine rings is 1. The van der Waals surface area contributed by atoms with Crippen LogP contribution in [0.1, 0.15) is 21.6 Å². The second-order valence-corrected chi connectivity index (χ2v) is 9.92.